The van der Waals surface area contributed by atoms with Crippen molar-refractivity contribution in [1.29, 1.82) is 0 Å². The number of benzene rings is 1. The number of amides is 1. The lowest BCUT2D eigenvalue weighted by atomic mass is 10.2. The van der Waals surface area contributed by atoms with Crippen LogP contribution in [0.4, 0.5) is 9.59 Å². The Labute approximate surface area is 219 Å². The van der Waals surface area contributed by atoms with E-state index in [1.54, 1.807) is 65.8 Å². The Morgan fingerprint density at radius 1 is 0.972 bits per heavy atom. The molecule has 3 aromatic rings. The highest BCUT2D eigenvalue weighted by Crippen LogP contribution is 2.28. The van der Waals surface area contributed by atoms with Crippen LogP contribution in [0, 0.1) is 6.92 Å². The first-order valence-corrected chi connectivity index (χ1v) is 13.4. The fourth-order valence-electron chi connectivity index (χ4n) is 3.28. The molecule has 0 fully saturated rings. The zero-order valence-corrected chi connectivity index (χ0v) is 23.7. The third-order valence-electron chi connectivity index (χ3n) is 4.81. The molecule has 1 amide bonds. The summed E-state index contributed by atoms with van der Waals surface area (Å²) in [6, 6.07) is 9.52. The van der Waals surface area contributed by atoms with Crippen LogP contribution in [0.5, 0.6) is 0 Å². The quantitative estimate of drug-likeness (QED) is 0.348. The van der Waals surface area contributed by atoms with E-state index >= 15 is 0 Å². The highest BCUT2D eigenvalue weighted by molar-refractivity contribution is 9.10. The number of pyridine rings is 1. The molecule has 11 heteroatoms. The number of nitrogens with zero attached hydrogens (tertiary/aromatic N) is 3. The van der Waals surface area contributed by atoms with Crippen molar-refractivity contribution in [3.63, 3.8) is 0 Å². The van der Waals surface area contributed by atoms with Crippen LogP contribution < -0.4 is 0 Å². The van der Waals surface area contributed by atoms with Gasteiger partial charge in [-0.05, 0) is 88.7 Å². The molecule has 36 heavy (non-hydrogen) atoms. The number of fused-ring (bicyclic) bond motifs is 1. The zero-order chi connectivity index (χ0) is 27.1. The van der Waals surface area contributed by atoms with Gasteiger partial charge in [-0.2, -0.15) is 4.31 Å². The summed E-state index contributed by atoms with van der Waals surface area (Å²) >= 11 is 3.30. The Morgan fingerprint density at radius 2 is 1.56 bits per heavy atom. The number of halogens is 1. The second kappa shape index (κ2) is 9.85. The van der Waals surface area contributed by atoms with E-state index in [1.807, 2.05) is 6.92 Å². The molecule has 0 aliphatic carbocycles. The monoisotopic (exact) mass is 579 g/mol. The maximum absolute atomic E-state index is 13.6. The molecular weight excluding hydrogens is 550 g/mol. The molecule has 0 saturated heterocycles. The number of sulfonamides is 1. The van der Waals surface area contributed by atoms with E-state index in [4.69, 9.17) is 9.47 Å². The molecule has 0 bridgehead atoms. The first-order valence-electron chi connectivity index (χ1n) is 11.2. The van der Waals surface area contributed by atoms with Gasteiger partial charge < -0.3 is 9.47 Å². The van der Waals surface area contributed by atoms with E-state index in [0.29, 0.717) is 19.9 Å². The molecule has 0 atom stereocenters. The maximum Gasteiger partial charge on any atom is 0.424 e. The van der Waals surface area contributed by atoms with E-state index in [-0.39, 0.29) is 17.1 Å². The summed E-state index contributed by atoms with van der Waals surface area (Å²) in [6.45, 7) is 11.6. The average molecular weight is 581 g/mol. The molecular formula is C25H30BrN3O6S. The van der Waals surface area contributed by atoms with Gasteiger partial charge in [0.25, 0.3) is 10.0 Å². The van der Waals surface area contributed by atoms with Gasteiger partial charge in [-0.1, -0.05) is 17.7 Å². The number of carbonyl (C=O) groups excluding carboxylic acids is 2. The van der Waals surface area contributed by atoms with Crippen LogP contribution in [-0.2, 0) is 26.0 Å². The smallest absolute Gasteiger partial charge is 0.424 e. The standard InChI is InChI=1S/C25H30BrN3O6S/c1-16-8-10-18(11-9-16)36(32,33)29(23(31)35-25(5,6)7)15-17-14-28(22(30)34-24(2,3)4)21-19(17)12-13-20(26)27-21/h8-14H,15H2,1-7H3. The van der Waals surface area contributed by atoms with Gasteiger partial charge in [0.15, 0.2) is 5.65 Å². The SMILES string of the molecule is Cc1ccc(S(=O)(=O)N(Cc2cn(C(=O)OC(C)(C)C)c3nc(Br)ccc23)C(=O)OC(C)(C)C)cc1. The van der Waals surface area contributed by atoms with Crippen molar-refractivity contribution < 1.29 is 27.5 Å². The van der Waals surface area contributed by atoms with E-state index < -0.39 is 33.4 Å². The first-order chi connectivity index (χ1) is 16.5. The van der Waals surface area contributed by atoms with Crippen molar-refractivity contribution >= 4 is 49.2 Å². The number of rotatable bonds is 4. The minimum atomic E-state index is -4.30. The summed E-state index contributed by atoms with van der Waals surface area (Å²) < 4.78 is 40.5. The van der Waals surface area contributed by atoms with Crippen LogP contribution in [0.2, 0.25) is 0 Å². The van der Waals surface area contributed by atoms with Crippen LogP contribution in [0.3, 0.4) is 0 Å². The van der Waals surface area contributed by atoms with Gasteiger partial charge >= 0.3 is 12.2 Å². The van der Waals surface area contributed by atoms with Crippen molar-refractivity contribution in [1.82, 2.24) is 13.9 Å². The topological polar surface area (TPSA) is 108 Å². The lowest BCUT2D eigenvalue weighted by Gasteiger charge is -2.27. The van der Waals surface area contributed by atoms with Gasteiger partial charge in [0.05, 0.1) is 11.4 Å². The number of hydrogen-bond donors (Lipinski definition) is 0. The van der Waals surface area contributed by atoms with Crippen LogP contribution in [0.15, 0.2) is 52.1 Å². The Morgan fingerprint density at radius 3 is 2.11 bits per heavy atom. The van der Waals surface area contributed by atoms with Crippen molar-refractivity contribution in [3.8, 4) is 0 Å². The molecule has 0 radical (unpaired) electrons. The molecule has 1 aromatic carbocycles. The molecule has 2 heterocycles. The van der Waals surface area contributed by atoms with Crippen molar-refractivity contribution in [3.05, 3.63) is 58.3 Å². The summed E-state index contributed by atoms with van der Waals surface area (Å²) in [7, 11) is -4.30. The lowest BCUT2D eigenvalue weighted by Crippen LogP contribution is -2.40. The summed E-state index contributed by atoms with van der Waals surface area (Å²) in [5.74, 6) is 0. The molecule has 9 nitrogen and oxygen atoms in total. The fourth-order valence-corrected chi connectivity index (χ4v) is 4.85. The largest absolute Gasteiger partial charge is 0.443 e. The summed E-state index contributed by atoms with van der Waals surface area (Å²) in [6.07, 6.45) is -0.291. The van der Waals surface area contributed by atoms with E-state index in [1.165, 1.54) is 22.9 Å². The minimum Gasteiger partial charge on any atom is -0.443 e. The number of hydrogen-bond acceptors (Lipinski definition) is 7. The Balaban J connectivity index is 2.14. The van der Waals surface area contributed by atoms with Crippen LogP contribution in [-0.4, -0.2) is 45.7 Å². The highest BCUT2D eigenvalue weighted by atomic mass is 79.9. The van der Waals surface area contributed by atoms with Crippen LogP contribution in [0.25, 0.3) is 11.0 Å². The van der Waals surface area contributed by atoms with Gasteiger partial charge in [0, 0.05) is 17.1 Å². The first kappa shape index (κ1) is 27.7. The fraction of sp³-hybridized carbons (Fsp3) is 0.400. The number of aromatic nitrogens is 2. The van der Waals surface area contributed by atoms with Gasteiger partial charge in [0.1, 0.15) is 15.8 Å². The predicted octanol–water partition coefficient (Wildman–Crippen LogP) is 6.02. The van der Waals surface area contributed by atoms with Gasteiger partial charge in [-0.3, -0.25) is 0 Å². The maximum atomic E-state index is 13.6. The lowest BCUT2D eigenvalue weighted by molar-refractivity contribution is 0.0382. The average Bonchev–Trinajstić information content (AvgIpc) is 3.07. The minimum absolute atomic E-state index is 0.0595. The van der Waals surface area contributed by atoms with Crippen molar-refractivity contribution in [2.24, 2.45) is 0 Å². The molecule has 3 rings (SSSR count). The van der Waals surface area contributed by atoms with E-state index in [2.05, 4.69) is 20.9 Å². The molecule has 0 aliphatic rings. The molecule has 0 unspecified atom stereocenters. The second-order valence-electron chi connectivity index (χ2n) is 10.3. The highest BCUT2D eigenvalue weighted by Gasteiger charge is 2.34. The van der Waals surface area contributed by atoms with Crippen molar-refractivity contribution in [2.45, 2.75) is 71.1 Å². The van der Waals surface area contributed by atoms with Crippen LogP contribution >= 0.6 is 15.9 Å². The zero-order valence-electron chi connectivity index (χ0n) is 21.3. The molecule has 0 N–H and O–H groups in total. The van der Waals surface area contributed by atoms with E-state index in [9.17, 15) is 18.0 Å². The number of aryl methyl sites for hydroxylation is 1. The molecule has 0 spiro atoms. The van der Waals surface area contributed by atoms with Gasteiger partial charge in [0.2, 0.25) is 0 Å². The Hall–Kier alpha value is -2.92. The Bertz CT molecular complexity index is 1400. The second-order valence-corrected chi connectivity index (χ2v) is 13.0. The third-order valence-corrected chi connectivity index (χ3v) is 6.98. The van der Waals surface area contributed by atoms with E-state index in [0.717, 1.165) is 5.56 Å². The summed E-state index contributed by atoms with van der Waals surface area (Å²) in [5, 5.41) is 0.483. The summed E-state index contributed by atoms with van der Waals surface area (Å²) in [5.41, 5.74) is -0.204. The Kier molecular flexibility index (Phi) is 7.57. The number of ether oxygens (including phenoxy) is 2. The molecule has 0 aliphatic heterocycles. The predicted molar refractivity (Wildman–Crippen MR) is 139 cm³/mol. The molecule has 194 valence electrons. The normalized spacial score (nSPS) is 12.4. The third kappa shape index (κ3) is 6.44. The van der Waals surface area contributed by atoms with Crippen LogP contribution in [0.1, 0.15) is 52.7 Å². The number of carbonyl (C=O) groups is 2. The van der Waals surface area contributed by atoms with Gasteiger partial charge in [-0.25, -0.2) is 27.6 Å². The van der Waals surface area contributed by atoms with Gasteiger partial charge in [-0.15, -0.1) is 0 Å². The summed E-state index contributed by atoms with van der Waals surface area (Å²) in [4.78, 5) is 30.4. The molecule has 2 aromatic heterocycles. The van der Waals surface area contributed by atoms with Crippen molar-refractivity contribution in [2.75, 3.05) is 0 Å². The molecule has 0 saturated carbocycles.